The highest BCUT2D eigenvalue weighted by Crippen LogP contribution is 2.28. The zero-order valence-electron chi connectivity index (χ0n) is 9.20. The fourth-order valence-corrected chi connectivity index (χ4v) is 2.07. The average molecular weight is 206 g/mol. The molecule has 1 saturated heterocycles. The predicted molar refractivity (Wildman–Crippen MR) is 63.5 cm³/mol. The molecule has 2 N–H and O–H groups in total. The van der Waals surface area contributed by atoms with E-state index in [1.54, 1.807) is 7.11 Å². The Bertz CT molecular complexity index is 332. The number of nitrogen functional groups attached to an aromatic ring is 1. The smallest absolute Gasteiger partial charge is 0.141 e. The lowest BCUT2D eigenvalue weighted by atomic mass is 10.1. The highest BCUT2D eigenvalue weighted by molar-refractivity contribution is 5.63. The zero-order chi connectivity index (χ0) is 10.7. The first-order valence-corrected chi connectivity index (χ1v) is 5.50. The van der Waals surface area contributed by atoms with Gasteiger partial charge in [0.05, 0.1) is 12.8 Å². The van der Waals surface area contributed by atoms with E-state index in [1.807, 2.05) is 12.1 Å². The van der Waals surface area contributed by atoms with Gasteiger partial charge in [-0.3, -0.25) is 0 Å². The predicted octanol–water partition coefficient (Wildman–Crippen LogP) is 2.27. The number of benzene rings is 1. The minimum absolute atomic E-state index is 0.723. The van der Waals surface area contributed by atoms with Crippen LogP contribution < -0.4 is 15.4 Å². The molecule has 3 heteroatoms. The molecule has 0 spiro atoms. The number of hydrogen-bond acceptors (Lipinski definition) is 3. The molecule has 1 heterocycles. The molecular formula is C12H18N2O. The molecule has 0 amide bonds. The molecule has 15 heavy (non-hydrogen) atoms. The van der Waals surface area contributed by atoms with E-state index in [1.165, 1.54) is 24.9 Å². The summed E-state index contributed by atoms with van der Waals surface area (Å²) in [6, 6.07) is 6.03. The first-order chi connectivity index (χ1) is 7.31. The Morgan fingerprint density at radius 3 is 2.53 bits per heavy atom. The third-order valence-corrected chi connectivity index (χ3v) is 2.93. The van der Waals surface area contributed by atoms with Gasteiger partial charge in [0.2, 0.25) is 0 Å². The van der Waals surface area contributed by atoms with Crippen molar-refractivity contribution in [3.05, 3.63) is 18.2 Å². The van der Waals surface area contributed by atoms with Crippen LogP contribution in [0.5, 0.6) is 5.75 Å². The zero-order valence-corrected chi connectivity index (χ0v) is 9.20. The molecule has 0 aliphatic carbocycles. The van der Waals surface area contributed by atoms with Gasteiger partial charge in [-0.15, -0.1) is 0 Å². The lowest BCUT2D eigenvalue weighted by Crippen LogP contribution is -2.29. The third-order valence-electron chi connectivity index (χ3n) is 2.93. The Hall–Kier alpha value is -1.38. The number of methoxy groups -OCH3 is 1. The Balaban J connectivity index is 2.17. The molecule has 3 nitrogen and oxygen atoms in total. The van der Waals surface area contributed by atoms with Crippen molar-refractivity contribution in [1.29, 1.82) is 0 Å². The second kappa shape index (κ2) is 4.43. The third kappa shape index (κ3) is 2.17. The molecule has 0 aromatic heterocycles. The average Bonchev–Trinajstić information content (AvgIpc) is 2.30. The molecule has 2 rings (SSSR count). The second-order valence-corrected chi connectivity index (χ2v) is 3.97. The molecule has 1 aliphatic rings. The van der Waals surface area contributed by atoms with Gasteiger partial charge in [-0.2, -0.15) is 0 Å². The maximum absolute atomic E-state index is 5.89. The number of nitrogens with zero attached hydrogens (tertiary/aromatic N) is 1. The monoisotopic (exact) mass is 206 g/mol. The van der Waals surface area contributed by atoms with Crippen LogP contribution in [-0.4, -0.2) is 20.2 Å². The molecule has 1 aromatic carbocycles. The van der Waals surface area contributed by atoms with Gasteiger partial charge in [-0.05, 0) is 37.5 Å². The molecule has 0 atom stereocenters. The summed E-state index contributed by atoms with van der Waals surface area (Å²) >= 11 is 0. The Kier molecular flexibility index (Phi) is 2.99. The van der Waals surface area contributed by atoms with Crippen LogP contribution in [-0.2, 0) is 0 Å². The van der Waals surface area contributed by atoms with Crippen LogP contribution in [0.1, 0.15) is 19.3 Å². The second-order valence-electron chi connectivity index (χ2n) is 3.97. The van der Waals surface area contributed by atoms with Crippen LogP contribution in [0.15, 0.2) is 18.2 Å². The summed E-state index contributed by atoms with van der Waals surface area (Å²) in [7, 11) is 1.65. The number of piperidine rings is 1. The van der Waals surface area contributed by atoms with Gasteiger partial charge in [-0.1, -0.05) is 0 Å². The van der Waals surface area contributed by atoms with E-state index >= 15 is 0 Å². The van der Waals surface area contributed by atoms with Crippen molar-refractivity contribution >= 4 is 11.4 Å². The molecular weight excluding hydrogens is 188 g/mol. The summed E-state index contributed by atoms with van der Waals surface area (Å²) in [4.78, 5) is 2.39. The fourth-order valence-electron chi connectivity index (χ4n) is 2.07. The van der Waals surface area contributed by atoms with E-state index in [-0.39, 0.29) is 0 Å². The standard InChI is InChI=1S/C12H18N2O/c1-15-12-6-5-10(9-11(12)13)14-7-3-2-4-8-14/h5-6,9H,2-4,7-8,13H2,1H3. The summed E-state index contributed by atoms with van der Waals surface area (Å²) in [6.07, 6.45) is 3.92. The van der Waals surface area contributed by atoms with Crippen molar-refractivity contribution in [2.75, 3.05) is 30.8 Å². The highest BCUT2D eigenvalue weighted by atomic mass is 16.5. The lowest BCUT2D eigenvalue weighted by Gasteiger charge is -2.29. The molecule has 0 bridgehead atoms. The first kappa shape index (κ1) is 10.1. The van der Waals surface area contributed by atoms with E-state index in [0.717, 1.165) is 24.5 Å². The van der Waals surface area contributed by atoms with Crippen molar-refractivity contribution in [3.8, 4) is 5.75 Å². The SMILES string of the molecule is COc1ccc(N2CCCCC2)cc1N. The van der Waals surface area contributed by atoms with Crippen LogP contribution in [0.3, 0.4) is 0 Å². The van der Waals surface area contributed by atoms with Crippen molar-refractivity contribution in [2.45, 2.75) is 19.3 Å². The van der Waals surface area contributed by atoms with E-state index in [2.05, 4.69) is 11.0 Å². The summed E-state index contributed by atoms with van der Waals surface area (Å²) in [5.41, 5.74) is 7.83. The quantitative estimate of drug-likeness (QED) is 0.754. The topological polar surface area (TPSA) is 38.5 Å². The summed E-state index contributed by atoms with van der Waals surface area (Å²) in [5.74, 6) is 0.760. The maximum atomic E-state index is 5.89. The van der Waals surface area contributed by atoms with Crippen molar-refractivity contribution in [3.63, 3.8) is 0 Å². The fraction of sp³-hybridized carbons (Fsp3) is 0.500. The molecule has 0 unspecified atom stereocenters. The number of anilines is 2. The minimum atomic E-state index is 0.723. The Morgan fingerprint density at radius 2 is 1.93 bits per heavy atom. The minimum Gasteiger partial charge on any atom is -0.495 e. The molecule has 82 valence electrons. The molecule has 1 aliphatic heterocycles. The number of nitrogens with two attached hydrogens (primary N) is 1. The van der Waals surface area contributed by atoms with Crippen LogP contribution in [0, 0.1) is 0 Å². The molecule has 1 fully saturated rings. The van der Waals surface area contributed by atoms with Gasteiger partial charge in [0.25, 0.3) is 0 Å². The van der Waals surface area contributed by atoms with E-state index in [9.17, 15) is 0 Å². The van der Waals surface area contributed by atoms with Crippen LogP contribution >= 0.6 is 0 Å². The van der Waals surface area contributed by atoms with Crippen molar-refractivity contribution in [2.24, 2.45) is 0 Å². The van der Waals surface area contributed by atoms with Crippen LogP contribution in [0.25, 0.3) is 0 Å². The van der Waals surface area contributed by atoms with E-state index in [0.29, 0.717) is 0 Å². The Labute approximate surface area is 90.8 Å². The number of ether oxygens (including phenoxy) is 1. The van der Waals surface area contributed by atoms with Crippen molar-refractivity contribution < 1.29 is 4.74 Å². The van der Waals surface area contributed by atoms with Crippen LogP contribution in [0.4, 0.5) is 11.4 Å². The van der Waals surface area contributed by atoms with E-state index < -0.39 is 0 Å². The summed E-state index contributed by atoms with van der Waals surface area (Å²) < 4.78 is 5.14. The van der Waals surface area contributed by atoms with Gasteiger partial charge in [-0.25, -0.2) is 0 Å². The maximum Gasteiger partial charge on any atom is 0.141 e. The Morgan fingerprint density at radius 1 is 1.20 bits per heavy atom. The first-order valence-electron chi connectivity index (χ1n) is 5.50. The number of rotatable bonds is 2. The van der Waals surface area contributed by atoms with Gasteiger partial charge >= 0.3 is 0 Å². The van der Waals surface area contributed by atoms with Crippen LogP contribution in [0.2, 0.25) is 0 Å². The van der Waals surface area contributed by atoms with Gasteiger partial charge in [0.15, 0.2) is 0 Å². The van der Waals surface area contributed by atoms with Gasteiger partial charge in [0, 0.05) is 18.8 Å². The van der Waals surface area contributed by atoms with Gasteiger partial charge < -0.3 is 15.4 Å². The molecule has 0 radical (unpaired) electrons. The summed E-state index contributed by atoms with van der Waals surface area (Å²) in [6.45, 7) is 2.29. The van der Waals surface area contributed by atoms with Crippen molar-refractivity contribution in [1.82, 2.24) is 0 Å². The van der Waals surface area contributed by atoms with E-state index in [4.69, 9.17) is 10.5 Å². The largest absolute Gasteiger partial charge is 0.495 e. The molecule has 1 aromatic rings. The lowest BCUT2D eigenvalue weighted by molar-refractivity contribution is 0.417. The number of hydrogen-bond donors (Lipinski definition) is 1. The normalized spacial score (nSPS) is 16.5. The highest BCUT2D eigenvalue weighted by Gasteiger charge is 2.11. The van der Waals surface area contributed by atoms with Gasteiger partial charge in [0.1, 0.15) is 5.75 Å². The molecule has 0 saturated carbocycles. The summed E-state index contributed by atoms with van der Waals surface area (Å²) in [5, 5.41) is 0.